The van der Waals surface area contributed by atoms with Crippen molar-refractivity contribution in [2.75, 3.05) is 27.0 Å². The largest absolute Gasteiger partial charge is 0.496 e. The zero-order chi connectivity index (χ0) is 19.8. The summed E-state index contributed by atoms with van der Waals surface area (Å²) in [5, 5.41) is 0.551. The van der Waals surface area contributed by atoms with Gasteiger partial charge in [-0.15, -0.1) is 0 Å². The highest BCUT2D eigenvalue weighted by Gasteiger charge is 2.26. The van der Waals surface area contributed by atoms with Gasteiger partial charge in [-0.2, -0.15) is 0 Å². The number of hydrogen-bond donors (Lipinski definition) is 0. The SMILES string of the molecule is COc1ccccc1-c1coc2c3c(ccc2c1=O)OCN(C[C@@H]1CCCO1)C3. The van der Waals surface area contributed by atoms with Crippen molar-refractivity contribution in [3.63, 3.8) is 0 Å². The summed E-state index contributed by atoms with van der Waals surface area (Å²) >= 11 is 0. The van der Waals surface area contributed by atoms with Crippen LogP contribution < -0.4 is 14.9 Å². The lowest BCUT2D eigenvalue weighted by Gasteiger charge is -2.30. The molecule has 1 atom stereocenters. The zero-order valence-electron chi connectivity index (χ0n) is 16.3. The van der Waals surface area contributed by atoms with Gasteiger partial charge < -0.3 is 18.6 Å². The number of rotatable bonds is 4. The summed E-state index contributed by atoms with van der Waals surface area (Å²) in [5.41, 5.74) is 2.64. The lowest BCUT2D eigenvalue weighted by atomic mass is 10.0. The third-order valence-corrected chi connectivity index (χ3v) is 5.67. The second-order valence-electron chi connectivity index (χ2n) is 7.52. The van der Waals surface area contributed by atoms with Crippen LogP contribution in [0, 0.1) is 0 Å². The second-order valence-corrected chi connectivity index (χ2v) is 7.52. The van der Waals surface area contributed by atoms with E-state index in [0.29, 0.717) is 35.6 Å². The van der Waals surface area contributed by atoms with E-state index >= 15 is 0 Å². The van der Waals surface area contributed by atoms with Crippen molar-refractivity contribution in [1.82, 2.24) is 4.90 Å². The summed E-state index contributed by atoms with van der Waals surface area (Å²) in [7, 11) is 1.60. The average molecular weight is 393 g/mol. The van der Waals surface area contributed by atoms with Gasteiger partial charge in [-0.1, -0.05) is 18.2 Å². The minimum Gasteiger partial charge on any atom is -0.496 e. The molecular weight excluding hydrogens is 370 g/mol. The molecule has 3 aromatic rings. The summed E-state index contributed by atoms with van der Waals surface area (Å²) in [5.74, 6) is 1.41. The molecular formula is C23H23NO5. The first-order valence-corrected chi connectivity index (χ1v) is 9.92. The van der Waals surface area contributed by atoms with Crippen molar-refractivity contribution < 1.29 is 18.6 Å². The highest BCUT2D eigenvalue weighted by molar-refractivity contribution is 5.86. The molecule has 1 aromatic heterocycles. The number of ether oxygens (including phenoxy) is 3. The average Bonchev–Trinajstić information content (AvgIpc) is 3.27. The van der Waals surface area contributed by atoms with Crippen LogP contribution in [0.4, 0.5) is 0 Å². The second kappa shape index (κ2) is 7.54. The van der Waals surface area contributed by atoms with Gasteiger partial charge in [-0.3, -0.25) is 9.69 Å². The molecule has 0 bridgehead atoms. The maximum atomic E-state index is 13.3. The van der Waals surface area contributed by atoms with Crippen molar-refractivity contribution in [3.8, 4) is 22.6 Å². The summed E-state index contributed by atoms with van der Waals surface area (Å²) in [4.78, 5) is 15.5. The fourth-order valence-corrected chi connectivity index (χ4v) is 4.20. The molecule has 1 saturated heterocycles. The quantitative estimate of drug-likeness (QED) is 0.672. The van der Waals surface area contributed by atoms with Crippen LogP contribution in [0.1, 0.15) is 18.4 Å². The Balaban J connectivity index is 1.54. The van der Waals surface area contributed by atoms with Crippen LogP contribution in [0.5, 0.6) is 11.5 Å². The third-order valence-electron chi connectivity index (χ3n) is 5.67. The van der Waals surface area contributed by atoms with E-state index in [-0.39, 0.29) is 11.5 Å². The Kier molecular flexibility index (Phi) is 4.73. The number of benzene rings is 2. The molecule has 0 aliphatic carbocycles. The summed E-state index contributed by atoms with van der Waals surface area (Å²) < 4.78 is 23.1. The molecule has 0 unspecified atom stereocenters. The van der Waals surface area contributed by atoms with E-state index in [1.807, 2.05) is 30.3 Å². The number of para-hydroxylation sites is 1. The van der Waals surface area contributed by atoms with Gasteiger partial charge in [-0.25, -0.2) is 0 Å². The smallest absolute Gasteiger partial charge is 0.200 e. The van der Waals surface area contributed by atoms with Crippen molar-refractivity contribution in [1.29, 1.82) is 0 Å². The molecule has 0 saturated carbocycles. The van der Waals surface area contributed by atoms with Crippen LogP contribution in [0.15, 0.2) is 51.9 Å². The normalized spacial score (nSPS) is 19.1. The Morgan fingerprint density at radius 2 is 2.07 bits per heavy atom. The van der Waals surface area contributed by atoms with E-state index in [1.54, 1.807) is 13.2 Å². The van der Waals surface area contributed by atoms with Crippen molar-refractivity contribution in [2.24, 2.45) is 0 Å². The van der Waals surface area contributed by atoms with Gasteiger partial charge in [-0.05, 0) is 31.0 Å². The minimum absolute atomic E-state index is 0.0743. The molecule has 0 amide bonds. The molecule has 6 nitrogen and oxygen atoms in total. The van der Waals surface area contributed by atoms with Gasteiger partial charge in [0.25, 0.3) is 0 Å². The Morgan fingerprint density at radius 3 is 2.90 bits per heavy atom. The van der Waals surface area contributed by atoms with Gasteiger partial charge in [0, 0.05) is 25.3 Å². The topological polar surface area (TPSA) is 61.1 Å². The fourth-order valence-electron chi connectivity index (χ4n) is 4.20. The zero-order valence-corrected chi connectivity index (χ0v) is 16.3. The van der Waals surface area contributed by atoms with Crippen molar-refractivity contribution in [3.05, 3.63) is 58.4 Å². The van der Waals surface area contributed by atoms with Crippen LogP contribution in [-0.4, -0.2) is 38.0 Å². The standard InChI is InChI=1S/C23H23NO5/c1-26-20-7-3-2-6-16(20)19-13-28-23-17(22(19)25)8-9-21-18(23)12-24(14-29-21)11-15-5-4-10-27-15/h2-3,6-9,13,15H,4-5,10-12,14H2,1H3/t15-/m0/s1. The summed E-state index contributed by atoms with van der Waals surface area (Å²) in [6, 6.07) is 11.1. The van der Waals surface area contributed by atoms with Gasteiger partial charge in [0.15, 0.2) is 0 Å². The molecule has 2 aliphatic rings. The molecule has 1 fully saturated rings. The van der Waals surface area contributed by atoms with Gasteiger partial charge in [0.05, 0.1) is 29.7 Å². The van der Waals surface area contributed by atoms with Crippen LogP contribution >= 0.6 is 0 Å². The number of fused-ring (bicyclic) bond motifs is 3. The highest BCUT2D eigenvalue weighted by Crippen LogP contribution is 2.34. The number of methoxy groups -OCH3 is 1. The monoisotopic (exact) mass is 393 g/mol. The van der Waals surface area contributed by atoms with E-state index in [1.165, 1.54) is 6.26 Å². The predicted molar refractivity (Wildman–Crippen MR) is 109 cm³/mol. The summed E-state index contributed by atoms with van der Waals surface area (Å²) in [6.07, 6.45) is 3.97. The first-order valence-electron chi connectivity index (χ1n) is 9.92. The molecule has 6 heteroatoms. The van der Waals surface area contributed by atoms with Crippen LogP contribution in [-0.2, 0) is 11.3 Å². The van der Waals surface area contributed by atoms with E-state index in [0.717, 1.165) is 42.9 Å². The maximum absolute atomic E-state index is 13.3. The van der Waals surface area contributed by atoms with E-state index in [9.17, 15) is 4.79 Å². The van der Waals surface area contributed by atoms with Crippen LogP contribution in [0.3, 0.4) is 0 Å². The number of nitrogens with zero attached hydrogens (tertiary/aromatic N) is 1. The Bertz CT molecular complexity index is 1100. The van der Waals surface area contributed by atoms with Crippen LogP contribution in [0.2, 0.25) is 0 Å². The maximum Gasteiger partial charge on any atom is 0.200 e. The van der Waals surface area contributed by atoms with Crippen molar-refractivity contribution in [2.45, 2.75) is 25.5 Å². The van der Waals surface area contributed by atoms with E-state index < -0.39 is 0 Å². The van der Waals surface area contributed by atoms with Gasteiger partial charge in [0.1, 0.15) is 30.1 Å². The van der Waals surface area contributed by atoms with Gasteiger partial charge in [0.2, 0.25) is 5.43 Å². The Labute approximate surface area is 168 Å². The highest BCUT2D eigenvalue weighted by atomic mass is 16.5. The minimum atomic E-state index is -0.0743. The lowest BCUT2D eigenvalue weighted by molar-refractivity contribution is 0.0281. The third kappa shape index (κ3) is 3.28. The Morgan fingerprint density at radius 1 is 1.17 bits per heavy atom. The van der Waals surface area contributed by atoms with E-state index in [2.05, 4.69) is 4.90 Å². The van der Waals surface area contributed by atoms with E-state index in [4.69, 9.17) is 18.6 Å². The molecule has 150 valence electrons. The molecule has 5 rings (SSSR count). The molecule has 2 aliphatic heterocycles. The predicted octanol–water partition coefficient (Wildman–Crippen LogP) is 3.80. The molecule has 2 aromatic carbocycles. The molecule has 0 radical (unpaired) electrons. The Hall–Kier alpha value is -2.83. The van der Waals surface area contributed by atoms with Crippen molar-refractivity contribution >= 4 is 11.0 Å². The first kappa shape index (κ1) is 18.2. The molecule has 3 heterocycles. The lowest BCUT2D eigenvalue weighted by Crippen LogP contribution is -2.37. The first-order chi connectivity index (χ1) is 14.2. The fraction of sp³-hybridized carbons (Fsp3) is 0.348. The molecule has 0 spiro atoms. The van der Waals surface area contributed by atoms with Crippen LogP contribution in [0.25, 0.3) is 22.1 Å². The summed E-state index contributed by atoms with van der Waals surface area (Å²) in [6.45, 7) is 2.84. The van der Waals surface area contributed by atoms with Gasteiger partial charge >= 0.3 is 0 Å². The number of hydrogen-bond acceptors (Lipinski definition) is 6. The molecule has 0 N–H and O–H groups in total. The molecule has 29 heavy (non-hydrogen) atoms.